The van der Waals surface area contributed by atoms with E-state index in [0.717, 1.165) is 54.9 Å². The Bertz CT molecular complexity index is 430. The standard InChI is InChI=1S/C14H23BrN4O/c1-2-7-16-13-12(15)14(19-9-18-13)17-8-10-5-3-4-6-11(10)20/h9-11,20H,2-8H2,1H3,(H2,16,17,18,19). The van der Waals surface area contributed by atoms with Gasteiger partial charge >= 0.3 is 0 Å². The first-order valence-corrected chi connectivity index (χ1v) is 8.18. The molecule has 0 aliphatic heterocycles. The summed E-state index contributed by atoms with van der Waals surface area (Å²) in [6, 6.07) is 0. The number of nitrogens with zero attached hydrogens (tertiary/aromatic N) is 2. The Morgan fingerprint density at radius 3 is 2.65 bits per heavy atom. The fourth-order valence-electron chi connectivity index (χ4n) is 2.51. The van der Waals surface area contributed by atoms with Crippen LogP contribution in [0.5, 0.6) is 0 Å². The second-order valence-corrected chi connectivity index (χ2v) is 6.10. The molecule has 0 radical (unpaired) electrons. The summed E-state index contributed by atoms with van der Waals surface area (Å²) in [4.78, 5) is 8.49. The molecule has 0 bridgehead atoms. The molecule has 1 fully saturated rings. The number of hydrogen-bond acceptors (Lipinski definition) is 5. The van der Waals surface area contributed by atoms with Gasteiger partial charge in [-0.15, -0.1) is 0 Å². The third-order valence-electron chi connectivity index (χ3n) is 3.73. The molecule has 1 aromatic rings. The molecule has 1 aliphatic carbocycles. The van der Waals surface area contributed by atoms with Crippen LogP contribution in [0.2, 0.25) is 0 Å². The molecular weight excluding hydrogens is 320 g/mol. The summed E-state index contributed by atoms with van der Waals surface area (Å²) in [5, 5.41) is 16.6. The highest BCUT2D eigenvalue weighted by molar-refractivity contribution is 9.10. The van der Waals surface area contributed by atoms with Crippen molar-refractivity contribution in [3.8, 4) is 0 Å². The van der Waals surface area contributed by atoms with Gasteiger partial charge in [-0.1, -0.05) is 19.8 Å². The van der Waals surface area contributed by atoms with Crippen molar-refractivity contribution < 1.29 is 5.11 Å². The number of aliphatic hydroxyl groups is 1. The first-order chi connectivity index (χ1) is 9.72. The highest BCUT2D eigenvalue weighted by atomic mass is 79.9. The van der Waals surface area contributed by atoms with Crippen LogP contribution < -0.4 is 10.6 Å². The van der Waals surface area contributed by atoms with Crippen molar-refractivity contribution in [1.82, 2.24) is 9.97 Å². The number of anilines is 2. The summed E-state index contributed by atoms with van der Waals surface area (Å²) in [5.74, 6) is 1.92. The minimum Gasteiger partial charge on any atom is -0.393 e. The van der Waals surface area contributed by atoms with E-state index < -0.39 is 0 Å². The van der Waals surface area contributed by atoms with Gasteiger partial charge in [0.05, 0.1) is 6.10 Å². The predicted octanol–water partition coefficient (Wildman–Crippen LogP) is 3.02. The van der Waals surface area contributed by atoms with E-state index in [1.54, 1.807) is 6.33 Å². The molecule has 1 aliphatic rings. The van der Waals surface area contributed by atoms with Gasteiger partial charge in [0.15, 0.2) is 0 Å². The molecule has 0 amide bonds. The van der Waals surface area contributed by atoms with E-state index in [9.17, 15) is 5.11 Å². The third-order valence-corrected chi connectivity index (χ3v) is 4.48. The lowest BCUT2D eigenvalue weighted by Crippen LogP contribution is -2.30. The van der Waals surface area contributed by atoms with E-state index in [0.29, 0.717) is 5.92 Å². The first kappa shape index (κ1) is 15.5. The molecule has 0 saturated heterocycles. The van der Waals surface area contributed by atoms with E-state index >= 15 is 0 Å². The maximum Gasteiger partial charge on any atom is 0.145 e. The zero-order valence-corrected chi connectivity index (χ0v) is 13.5. The lowest BCUT2D eigenvalue weighted by molar-refractivity contribution is 0.0763. The van der Waals surface area contributed by atoms with Gasteiger partial charge in [-0.25, -0.2) is 9.97 Å². The van der Waals surface area contributed by atoms with E-state index in [4.69, 9.17) is 0 Å². The normalized spacial score (nSPS) is 22.6. The van der Waals surface area contributed by atoms with Gasteiger partial charge in [-0.05, 0) is 35.2 Å². The Hall–Kier alpha value is -0.880. The molecule has 1 aromatic heterocycles. The summed E-state index contributed by atoms with van der Waals surface area (Å²) in [7, 11) is 0. The molecule has 3 N–H and O–H groups in total. The monoisotopic (exact) mass is 342 g/mol. The van der Waals surface area contributed by atoms with Crippen LogP contribution in [-0.4, -0.2) is 34.3 Å². The average molecular weight is 343 g/mol. The van der Waals surface area contributed by atoms with E-state index in [1.165, 1.54) is 6.42 Å². The molecule has 0 spiro atoms. The number of aliphatic hydroxyl groups excluding tert-OH is 1. The highest BCUT2D eigenvalue weighted by Crippen LogP contribution is 2.28. The Morgan fingerprint density at radius 1 is 1.25 bits per heavy atom. The summed E-state index contributed by atoms with van der Waals surface area (Å²) in [5.41, 5.74) is 0. The predicted molar refractivity (Wildman–Crippen MR) is 85.0 cm³/mol. The van der Waals surface area contributed by atoms with Crippen LogP contribution in [0.1, 0.15) is 39.0 Å². The van der Waals surface area contributed by atoms with Crippen molar-refractivity contribution in [1.29, 1.82) is 0 Å². The van der Waals surface area contributed by atoms with Gasteiger partial charge in [0.1, 0.15) is 22.4 Å². The van der Waals surface area contributed by atoms with Crippen LogP contribution in [0.25, 0.3) is 0 Å². The molecule has 2 atom stereocenters. The molecule has 20 heavy (non-hydrogen) atoms. The van der Waals surface area contributed by atoms with Crippen LogP contribution in [-0.2, 0) is 0 Å². The number of aromatic nitrogens is 2. The number of rotatable bonds is 6. The second-order valence-electron chi connectivity index (χ2n) is 5.30. The SMILES string of the molecule is CCCNc1ncnc(NCC2CCCCC2O)c1Br. The molecule has 5 nitrogen and oxygen atoms in total. The summed E-state index contributed by atoms with van der Waals surface area (Å²) in [6.07, 6.45) is 6.76. The fraction of sp³-hybridized carbons (Fsp3) is 0.714. The Labute approximate surface area is 128 Å². The van der Waals surface area contributed by atoms with Crippen molar-refractivity contribution in [2.24, 2.45) is 5.92 Å². The highest BCUT2D eigenvalue weighted by Gasteiger charge is 2.23. The largest absolute Gasteiger partial charge is 0.393 e. The topological polar surface area (TPSA) is 70.1 Å². The molecule has 1 saturated carbocycles. The van der Waals surface area contributed by atoms with Gasteiger partial charge in [0.2, 0.25) is 0 Å². The second kappa shape index (κ2) is 7.78. The van der Waals surface area contributed by atoms with Gasteiger partial charge in [0.25, 0.3) is 0 Å². The van der Waals surface area contributed by atoms with Gasteiger partial charge < -0.3 is 15.7 Å². The van der Waals surface area contributed by atoms with Gasteiger partial charge in [0, 0.05) is 19.0 Å². The van der Waals surface area contributed by atoms with Gasteiger partial charge in [-0.2, -0.15) is 0 Å². The maximum absolute atomic E-state index is 9.99. The van der Waals surface area contributed by atoms with Crippen LogP contribution >= 0.6 is 15.9 Å². The van der Waals surface area contributed by atoms with Crippen LogP contribution in [0.4, 0.5) is 11.6 Å². The molecule has 1 heterocycles. The van der Waals surface area contributed by atoms with E-state index in [1.807, 2.05) is 0 Å². The number of nitrogens with one attached hydrogen (secondary N) is 2. The van der Waals surface area contributed by atoms with Crippen molar-refractivity contribution in [2.45, 2.75) is 45.1 Å². The molecule has 112 valence electrons. The van der Waals surface area contributed by atoms with Crippen LogP contribution in [0, 0.1) is 5.92 Å². The van der Waals surface area contributed by atoms with Crippen LogP contribution in [0.15, 0.2) is 10.8 Å². The first-order valence-electron chi connectivity index (χ1n) is 7.38. The third kappa shape index (κ3) is 4.06. The molecular formula is C14H23BrN4O. The molecule has 2 rings (SSSR count). The number of hydrogen-bond donors (Lipinski definition) is 3. The lowest BCUT2D eigenvalue weighted by atomic mass is 9.86. The lowest BCUT2D eigenvalue weighted by Gasteiger charge is -2.28. The fourth-order valence-corrected chi connectivity index (χ4v) is 3.00. The van der Waals surface area contributed by atoms with Crippen molar-refractivity contribution in [3.05, 3.63) is 10.8 Å². The van der Waals surface area contributed by atoms with E-state index in [2.05, 4.69) is 43.5 Å². The van der Waals surface area contributed by atoms with Crippen LogP contribution in [0.3, 0.4) is 0 Å². The number of halogens is 1. The average Bonchev–Trinajstić information content (AvgIpc) is 2.46. The van der Waals surface area contributed by atoms with Gasteiger partial charge in [-0.3, -0.25) is 0 Å². The Kier molecular flexibility index (Phi) is 6.04. The minimum atomic E-state index is -0.186. The molecule has 6 heteroatoms. The van der Waals surface area contributed by atoms with Crippen molar-refractivity contribution in [2.75, 3.05) is 23.7 Å². The summed E-state index contributed by atoms with van der Waals surface area (Å²) in [6.45, 7) is 3.76. The summed E-state index contributed by atoms with van der Waals surface area (Å²) >= 11 is 3.54. The van der Waals surface area contributed by atoms with Crippen molar-refractivity contribution in [3.63, 3.8) is 0 Å². The van der Waals surface area contributed by atoms with Crippen molar-refractivity contribution >= 4 is 27.6 Å². The summed E-state index contributed by atoms with van der Waals surface area (Å²) < 4.78 is 0.860. The molecule has 0 aromatic carbocycles. The Balaban J connectivity index is 1.95. The van der Waals surface area contributed by atoms with E-state index in [-0.39, 0.29) is 6.10 Å². The Morgan fingerprint density at radius 2 is 1.95 bits per heavy atom. The quantitative estimate of drug-likeness (QED) is 0.741. The smallest absolute Gasteiger partial charge is 0.145 e. The maximum atomic E-state index is 9.99. The zero-order chi connectivity index (χ0) is 14.4. The zero-order valence-electron chi connectivity index (χ0n) is 11.9. The minimum absolute atomic E-state index is 0.186. The molecule has 2 unspecified atom stereocenters.